The number of dihydropyridines is 1. The van der Waals surface area contributed by atoms with Gasteiger partial charge in [0.2, 0.25) is 5.91 Å². The van der Waals surface area contributed by atoms with E-state index in [0.717, 1.165) is 5.56 Å². The number of carbonyl (C=O) groups excluding carboxylic acids is 2. The van der Waals surface area contributed by atoms with Crippen molar-refractivity contribution in [2.45, 2.75) is 33.3 Å². The Kier molecular flexibility index (Phi) is 9.92. The molecule has 0 fully saturated rings. The lowest BCUT2D eigenvalue weighted by Gasteiger charge is -2.31. The predicted molar refractivity (Wildman–Crippen MR) is 139 cm³/mol. The number of hydrogen-bond donors (Lipinski definition) is 2. The number of para-hydroxylation sites is 1. The van der Waals surface area contributed by atoms with Crippen LogP contribution in [-0.4, -0.2) is 44.0 Å². The van der Waals surface area contributed by atoms with Gasteiger partial charge in [-0.3, -0.25) is 4.79 Å². The minimum atomic E-state index is -0.708. The molecule has 7 nitrogen and oxygen atoms in total. The largest absolute Gasteiger partial charge is 0.489 e. The molecule has 0 aliphatic carbocycles. The third-order valence-corrected chi connectivity index (χ3v) is 5.76. The number of primary amides is 1. The average molecular weight is 500 g/mol. The summed E-state index contributed by atoms with van der Waals surface area (Å²) in [6.07, 6.45) is 0. The lowest BCUT2D eigenvalue weighted by molar-refractivity contribution is -0.139. The summed E-state index contributed by atoms with van der Waals surface area (Å²) in [5.74, 6) is -1.22. The monoisotopic (exact) mass is 499 g/mol. The number of nitrogens with two attached hydrogens (primary N) is 1. The summed E-state index contributed by atoms with van der Waals surface area (Å²) in [6, 6.07) is 15.5. The molecule has 2 aromatic carbocycles. The molecule has 1 unspecified atom stereocenters. The van der Waals surface area contributed by atoms with E-state index >= 15 is 0 Å². The van der Waals surface area contributed by atoms with Gasteiger partial charge in [0.1, 0.15) is 19.0 Å². The topological polar surface area (TPSA) is 93.9 Å². The molecule has 0 saturated carbocycles. The molecule has 1 aliphatic rings. The van der Waals surface area contributed by atoms with Gasteiger partial charge in [-0.2, -0.15) is 0 Å². The lowest BCUT2D eigenvalue weighted by Crippen LogP contribution is -2.34. The van der Waals surface area contributed by atoms with Crippen molar-refractivity contribution in [2.75, 3.05) is 27.2 Å². The van der Waals surface area contributed by atoms with Gasteiger partial charge in [0, 0.05) is 29.1 Å². The van der Waals surface area contributed by atoms with Crippen molar-refractivity contribution in [3.8, 4) is 5.75 Å². The molecule has 0 aromatic heterocycles. The number of allylic oxidation sites excluding steroid dienone is 2. The highest BCUT2D eigenvalue weighted by Crippen LogP contribution is 2.42. The molecule has 35 heavy (non-hydrogen) atoms. The van der Waals surface area contributed by atoms with Crippen LogP contribution in [0.3, 0.4) is 0 Å². The Morgan fingerprint density at radius 2 is 1.60 bits per heavy atom. The first-order valence-electron chi connectivity index (χ1n) is 11.3. The number of carbonyl (C=O) groups is 2. The van der Waals surface area contributed by atoms with E-state index in [1.165, 1.54) is 5.56 Å². The highest BCUT2D eigenvalue weighted by Gasteiger charge is 2.37. The number of halogens is 1. The van der Waals surface area contributed by atoms with E-state index in [1.807, 2.05) is 74.4 Å². The van der Waals surface area contributed by atoms with E-state index in [2.05, 4.69) is 5.32 Å². The molecule has 0 spiro atoms. The second-order valence-corrected chi connectivity index (χ2v) is 8.75. The summed E-state index contributed by atoms with van der Waals surface area (Å²) in [7, 11) is 3.81. The molecule has 3 N–H and O–H groups in total. The molecule has 188 valence electrons. The maximum Gasteiger partial charge on any atom is 0.336 e. The zero-order valence-corrected chi connectivity index (χ0v) is 21.7. The van der Waals surface area contributed by atoms with Crippen molar-refractivity contribution in [1.82, 2.24) is 10.2 Å². The van der Waals surface area contributed by atoms with Crippen LogP contribution in [0.15, 0.2) is 71.1 Å². The minimum absolute atomic E-state index is 0. The van der Waals surface area contributed by atoms with Gasteiger partial charge in [0.15, 0.2) is 0 Å². The van der Waals surface area contributed by atoms with Crippen molar-refractivity contribution >= 4 is 24.3 Å². The molecule has 1 amide bonds. The van der Waals surface area contributed by atoms with Gasteiger partial charge in [-0.1, -0.05) is 48.0 Å². The number of hydrogen-bond acceptors (Lipinski definition) is 6. The summed E-state index contributed by atoms with van der Waals surface area (Å²) in [5.41, 5.74) is 10.6. The Labute approximate surface area is 213 Å². The zero-order valence-electron chi connectivity index (χ0n) is 20.9. The van der Waals surface area contributed by atoms with Crippen LogP contribution < -0.4 is 15.8 Å². The molecule has 1 aliphatic heterocycles. The standard InChI is InChI=1S/C27H33N3O4.ClH/c1-17-10-12-20(13-11-17)16-34-22-9-7-6-8-21(22)25-23(26(28)31)18(2)29-19(3)24(25)27(32)33-15-14-30(4)5;/h6-13,25,29H,14-16H2,1-5H3,(H2,28,31);1H. The molecule has 1 atom stereocenters. The van der Waals surface area contributed by atoms with E-state index in [1.54, 1.807) is 13.8 Å². The van der Waals surface area contributed by atoms with Crippen LogP contribution in [0.5, 0.6) is 5.75 Å². The molecule has 0 bridgehead atoms. The molecule has 2 aromatic rings. The van der Waals surface area contributed by atoms with E-state index in [4.69, 9.17) is 15.2 Å². The Balaban J connectivity index is 0.00000432. The number of nitrogens with one attached hydrogen (secondary N) is 1. The van der Waals surface area contributed by atoms with E-state index < -0.39 is 17.8 Å². The van der Waals surface area contributed by atoms with Gasteiger partial charge >= 0.3 is 5.97 Å². The normalized spacial score (nSPS) is 15.4. The average Bonchev–Trinajstić information content (AvgIpc) is 2.77. The van der Waals surface area contributed by atoms with Crippen LogP contribution in [0.1, 0.15) is 36.5 Å². The summed E-state index contributed by atoms with van der Waals surface area (Å²) in [5, 5.41) is 3.13. The lowest BCUT2D eigenvalue weighted by atomic mass is 9.79. The molecule has 3 rings (SSSR count). The van der Waals surface area contributed by atoms with Gasteiger partial charge in [-0.25, -0.2) is 4.79 Å². The fourth-order valence-corrected chi connectivity index (χ4v) is 4.00. The summed E-state index contributed by atoms with van der Waals surface area (Å²) < 4.78 is 11.7. The maximum absolute atomic E-state index is 13.2. The van der Waals surface area contributed by atoms with Crippen molar-refractivity contribution < 1.29 is 19.1 Å². The molecule has 8 heteroatoms. The molecule has 1 heterocycles. The van der Waals surface area contributed by atoms with Crippen molar-refractivity contribution in [1.29, 1.82) is 0 Å². The van der Waals surface area contributed by atoms with Crippen LogP contribution in [-0.2, 0) is 20.9 Å². The fourth-order valence-electron chi connectivity index (χ4n) is 4.00. The number of nitrogens with zero attached hydrogens (tertiary/aromatic N) is 1. The van der Waals surface area contributed by atoms with Crippen molar-refractivity contribution in [3.63, 3.8) is 0 Å². The van der Waals surface area contributed by atoms with Crippen molar-refractivity contribution in [3.05, 3.63) is 87.8 Å². The summed E-state index contributed by atoms with van der Waals surface area (Å²) in [6.45, 7) is 6.78. The second-order valence-electron chi connectivity index (χ2n) is 8.75. The second kappa shape index (κ2) is 12.4. The van der Waals surface area contributed by atoms with E-state index in [0.29, 0.717) is 47.0 Å². The first kappa shape index (κ1) is 28.0. The van der Waals surface area contributed by atoms with Gasteiger partial charge < -0.3 is 25.4 Å². The van der Waals surface area contributed by atoms with Gasteiger partial charge in [0.25, 0.3) is 0 Å². The smallest absolute Gasteiger partial charge is 0.336 e. The Morgan fingerprint density at radius 3 is 2.23 bits per heavy atom. The Morgan fingerprint density at radius 1 is 0.971 bits per heavy atom. The first-order valence-corrected chi connectivity index (χ1v) is 11.3. The molecular formula is C27H34ClN3O4. The highest BCUT2D eigenvalue weighted by atomic mass is 35.5. The maximum atomic E-state index is 13.2. The summed E-state index contributed by atoms with van der Waals surface area (Å²) >= 11 is 0. The first-order chi connectivity index (χ1) is 16.2. The fraction of sp³-hybridized carbons (Fsp3) is 0.333. The van der Waals surface area contributed by atoms with Gasteiger partial charge in [0.05, 0.1) is 11.5 Å². The summed E-state index contributed by atoms with van der Waals surface area (Å²) in [4.78, 5) is 27.7. The van der Waals surface area contributed by atoms with Crippen molar-refractivity contribution in [2.24, 2.45) is 5.73 Å². The van der Waals surface area contributed by atoms with E-state index in [9.17, 15) is 9.59 Å². The number of esters is 1. The number of rotatable bonds is 9. The van der Waals surface area contributed by atoms with Crippen LogP contribution in [0.25, 0.3) is 0 Å². The minimum Gasteiger partial charge on any atom is -0.489 e. The van der Waals surface area contributed by atoms with Crippen LogP contribution in [0.4, 0.5) is 0 Å². The van der Waals surface area contributed by atoms with Crippen LogP contribution in [0, 0.1) is 6.92 Å². The SMILES string of the molecule is CC1=C(C(N)=O)C(c2ccccc2OCc2ccc(C)cc2)C(C(=O)OCCN(C)C)=C(C)N1.Cl. The number of benzene rings is 2. The number of ether oxygens (including phenoxy) is 2. The Hall–Kier alpha value is -3.29. The Bertz CT molecular complexity index is 1120. The zero-order chi connectivity index (χ0) is 24.8. The predicted octanol–water partition coefficient (Wildman–Crippen LogP) is 3.82. The molecular weight excluding hydrogens is 466 g/mol. The van der Waals surface area contributed by atoms with E-state index in [-0.39, 0.29) is 19.0 Å². The number of amides is 1. The third kappa shape index (κ3) is 6.87. The van der Waals surface area contributed by atoms with Crippen LogP contribution >= 0.6 is 12.4 Å². The number of likely N-dealkylation sites (N-methyl/N-ethyl adjacent to an activating group) is 1. The molecule has 0 saturated heterocycles. The van der Waals surface area contributed by atoms with Crippen LogP contribution in [0.2, 0.25) is 0 Å². The third-order valence-electron chi connectivity index (χ3n) is 5.76. The quantitative estimate of drug-likeness (QED) is 0.509. The number of aryl methyl sites for hydroxylation is 1. The van der Waals surface area contributed by atoms with Gasteiger partial charge in [-0.05, 0) is 46.5 Å². The molecule has 0 radical (unpaired) electrons. The van der Waals surface area contributed by atoms with Gasteiger partial charge in [-0.15, -0.1) is 12.4 Å². The highest BCUT2D eigenvalue weighted by molar-refractivity contribution is 6.01.